The van der Waals surface area contributed by atoms with Crippen LogP contribution in [0.4, 0.5) is 0 Å². The molecule has 6 nitrogen and oxygen atoms in total. The van der Waals surface area contributed by atoms with Crippen LogP contribution < -0.4 is 10.0 Å². The van der Waals surface area contributed by atoms with Crippen LogP contribution in [0.15, 0.2) is 41.4 Å². The van der Waals surface area contributed by atoms with Gasteiger partial charge < -0.3 is 9.88 Å². The molecular weight excluding hydrogens is 338 g/mol. The molecule has 0 spiro atoms. The molecule has 1 aromatic heterocycles. The SMILES string of the molecule is CNC(=O)c1cc(S(=O)(=O)NC2C3CCc4ccccc4C32)cn1C. The Balaban J connectivity index is 1.57. The number of aryl methyl sites for hydroxylation is 2. The van der Waals surface area contributed by atoms with Gasteiger partial charge in [0.05, 0.1) is 0 Å². The Morgan fingerprint density at radius 2 is 2.04 bits per heavy atom. The van der Waals surface area contributed by atoms with E-state index in [0.717, 1.165) is 12.8 Å². The van der Waals surface area contributed by atoms with Crippen molar-refractivity contribution in [2.75, 3.05) is 7.05 Å². The molecule has 1 fully saturated rings. The average Bonchev–Trinajstić information content (AvgIpc) is 3.14. The largest absolute Gasteiger partial charge is 0.354 e. The summed E-state index contributed by atoms with van der Waals surface area (Å²) in [5.74, 6) is 0.326. The van der Waals surface area contributed by atoms with Gasteiger partial charge >= 0.3 is 0 Å². The summed E-state index contributed by atoms with van der Waals surface area (Å²) in [5.41, 5.74) is 2.92. The van der Waals surface area contributed by atoms with Gasteiger partial charge in [0.15, 0.2) is 0 Å². The molecule has 0 saturated heterocycles. The first-order chi connectivity index (χ1) is 11.9. The van der Waals surface area contributed by atoms with E-state index in [1.165, 1.54) is 35.0 Å². The van der Waals surface area contributed by atoms with E-state index >= 15 is 0 Å². The maximum atomic E-state index is 12.8. The molecule has 1 amide bonds. The lowest BCUT2D eigenvalue weighted by Gasteiger charge is -2.13. The van der Waals surface area contributed by atoms with Crippen LogP contribution in [-0.4, -0.2) is 32.0 Å². The topological polar surface area (TPSA) is 80.2 Å². The quantitative estimate of drug-likeness (QED) is 0.866. The van der Waals surface area contributed by atoms with Gasteiger partial charge in [0.1, 0.15) is 10.6 Å². The number of hydrogen-bond donors (Lipinski definition) is 2. The molecular formula is C18H21N3O3S. The van der Waals surface area contributed by atoms with Gasteiger partial charge in [-0.2, -0.15) is 0 Å². The van der Waals surface area contributed by atoms with Crippen molar-refractivity contribution in [2.24, 2.45) is 13.0 Å². The highest BCUT2D eigenvalue weighted by Crippen LogP contribution is 2.54. The summed E-state index contributed by atoms with van der Waals surface area (Å²) in [6.45, 7) is 0. The lowest BCUT2D eigenvalue weighted by molar-refractivity contribution is 0.0955. The van der Waals surface area contributed by atoms with Crippen LogP contribution in [0.5, 0.6) is 0 Å². The van der Waals surface area contributed by atoms with Gasteiger partial charge in [-0.05, 0) is 36.0 Å². The number of benzene rings is 1. The Kier molecular flexibility index (Phi) is 3.73. The van der Waals surface area contributed by atoms with Gasteiger partial charge in [-0.15, -0.1) is 0 Å². The number of aromatic nitrogens is 1. The summed E-state index contributed by atoms with van der Waals surface area (Å²) in [7, 11) is -0.467. The number of nitrogens with zero attached hydrogens (tertiary/aromatic N) is 1. The Labute approximate surface area is 147 Å². The van der Waals surface area contributed by atoms with Crippen molar-refractivity contribution < 1.29 is 13.2 Å². The first-order valence-electron chi connectivity index (χ1n) is 8.41. The molecule has 1 aromatic carbocycles. The molecule has 2 aromatic rings. The van der Waals surface area contributed by atoms with Crippen molar-refractivity contribution >= 4 is 15.9 Å². The molecule has 7 heteroatoms. The average molecular weight is 359 g/mol. The zero-order valence-electron chi connectivity index (χ0n) is 14.2. The number of carbonyl (C=O) groups excluding carboxylic acids is 1. The van der Waals surface area contributed by atoms with E-state index in [4.69, 9.17) is 0 Å². The van der Waals surface area contributed by atoms with Crippen LogP contribution in [0.2, 0.25) is 0 Å². The molecule has 2 aliphatic rings. The van der Waals surface area contributed by atoms with Gasteiger partial charge in [-0.1, -0.05) is 24.3 Å². The summed E-state index contributed by atoms with van der Waals surface area (Å²) < 4.78 is 29.9. The first-order valence-corrected chi connectivity index (χ1v) is 9.89. The molecule has 2 N–H and O–H groups in total. The Hall–Kier alpha value is -2.12. The van der Waals surface area contributed by atoms with E-state index in [1.807, 2.05) is 12.1 Å². The molecule has 4 rings (SSSR count). The van der Waals surface area contributed by atoms with E-state index in [-0.39, 0.29) is 22.8 Å². The summed E-state index contributed by atoms with van der Waals surface area (Å²) in [6, 6.07) is 9.64. The minimum atomic E-state index is -3.65. The fourth-order valence-electron chi connectivity index (χ4n) is 4.01. The summed E-state index contributed by atoms with van der Waals surface area (Å²) in [4.78, 5) is 11.9. The Bertz CT molecular complexity index is 948. The van der Waals surface area contributed by atoms with Crippen molar-refractivity contribution in [3.05, 3.63) is 53.3 Å². The number of amides is 1. The fourth-order valence-corrected chi connectivity index (χ4v) is 5.39. The van der Waals surface area contributed by atoms with E-state index in [2.05, 4.69) is 22.2 Å². The molecule has 0 aliphatic heterocycles. The standard InChI is InChI=1S/C18H21N3O3S/c1-19-18(22)15-9-12(10-21(15)2)25(23,24)20-17-14-8-7-11-5-3-4-6-13(11)16(14)17/h3-6,9-10,14,16-17,20H,7-8H2,1-2H3,(H,19,22). The number of carbonyl (C=O) groups is 1. The predicted molar refractivity (Wildman–Crippen MR) is 93.9 cm³/mol. The molecule has 3 unspecified atom stereocenters. The van der Waals surface area contributed by atoms with E-state index in [9.17, 15) is 13.2 Å². The number of rotatable bonds is 4. The maximum absolute atomic E-state index is 12.8. The van der Waals surface area contributed by atoms with Gasteiger partial charge in [0.25, 0.3) is 5.91 Å². The zero-order chi connectivity index (χ0) is 17.8. The van der Waals surface area contributed by atoms with Crippen LogP contribution in [0.25, 0.3) is 0 Å². The number of sulfonamides is 1. The van der Waals surface area contributed by atoms with Crippen LogP contribution in [-0.2, 0) is 23.5 Å². The van der Waals surface area contributed by atoms with Crippen molar-refractivity contribution in [3.8, 4) is 0 Å². The lowest BCUT2D eigenvalue weighted by Crippen LogP contribution is -2.27. The maximum Gasteiger partial charge on any atom is 0.267 e. The van der Waals surface area contributed by atoms with Crippen LogP contribution in [0.3, 0.4) is 0 Å². The normalized spacial score (nSPS) is 24.3. The smallest absolute Gasteiger partial charge is 0.267 e. The van der Waals surface area contributed by atoms with Crippen LogP contribution in [0.1, 0.15) is 34.0 Å². The number of fused-ring (bicyclic) bond motifs is 3. The van der Waals surface area contributed by atoms with Crippen LogP contribution >= 0.6 is 0 Å². The molecule has 0 bridgehead atoms. The molecule has 0 radical (unpaired) electrons. The third-order valence-corrected chi connectivity index (χ3v) is 6.80. The van der Waals surface area contributed by atoms with Crippen molar-refractivity contribution in [3.63, 3.8) is 0 Å². The highest BCUT2D eigenvalue weighted by Gasteiger charge is 2.54. The Morgan fingerprint density at radius 3 is 2.80 bits per heavy atom. The van der Waals surface area contributed by atoms with E-state index in [1.54, 1.807) is 7.05 Å². The minimum Gasteiger partial charge on any atom is -0.354 e. The van der Waals surface area contributed by atoms with Crippen molar-refractivity contribution in [1.29, 1.82) is 0 Å². The van der Waals surface area contributed by atoms with Crippen molar-refractivity contribution in [1.82, 2.24) is 14.6 Å². The molecule has 1 saturated carbocycles. The molecule has 2 aliphatic carbocycles. The second-order valence-electron chi connectivity index (χ2n) is 6.83. The third-order valence-electron chi connectivity index (χ3n) is 5.37. The molecule has 1 heterocycles. The number of hydrogen-bond acceptors (Lipinski definition) is 3. The van der Waals surface area contributed by atoms with Gasteiger partial charge in [0.2, 0.25) is 10.0 Å². The monoisotopic (exact) mass is 359 g/mol. The van der Waals surface area contributed by atoms with Gasteiger partial charge in [0, 0.05) is 32.3 Å². The molecule has 25 heavy (non-hydrogen) atoms. The third kappa shape index (κ3) is 2.67. The molecule has 132 valence electrons. The van der Waals surface area contributed by atoms with Crippen LogP contribution in [0, 0.1) is 5.92 Å². The van der Waals surface area contributed by atoms with Gasteiger partial charge in [-0.25, -0.2) is 13.1 Å². The van der Waals surface area contributed by atoms with E-state index in [0.29, 0.717) is 11.6 Å². The second-order valence-corrected chi connectivity index (χ2v) is 8.54. The summed E-state index contributed by atoms with van der Waals surface area (Å²) >= 11 is 0. The minimum absolute atomic E-state index is 0.0580. The highest BCUT2D eigenvalue weighted by molar-refractivity contribution is 7.89. The van der Waals surface area contributed by atoms with Gasteiger partial charge in [-0.3, -0.25) is 4.79 Å². The molecule has 3 atom stereocenters. The number of nitrogens with one attached hydrogen (secondary N) is 2. The predicted octanol–water partition coefficient (Wildman–Crippen LogP) is 1.39. The Morgan fingerprint density at radius 1 is 1.28 bits per heavy atom. The lowest BCUT2D eigenvalue weighted by atomic mass is 9.92. The zero-order valence-corrected chi connectivity index (χ0v) is 15.0. The highest BCUT2D eigenvalue weighted by atomic mass is 32.2. The first kappa shape index (κ1) is 16.4. The van der Waals surface area contributed by atoms with Crippen molar-refractivity contribution in [2.45, 2.75) is 29.7 Å². The summed E-state index contributed by atoms with van der Waals surface area (Å²) in [5, 5.41) is 2.52. The fraction of sp³-hybridized carbons (Fsp3) is 0.389. The van der Waals surface area contributed by atoms with E-state index < -0.39 is 10.0 Å². The summed E-state index contributed by atoms with van der Waals surface area (Å²) in [6.07, 6.45) is 3.49. The second kappa shape index (κ2) is 5.71.